The van der Waals surface area contributed by atoms with Crippen LogP contribution in [0.5, 0.6) is 0 Å². The number of nitrogens with two attached hydrogens (primary N) is 1. The number of anilines is 2. The van der Waals surface area contributed by atoms with E-state index in [9.17, 15) is 0 Å². The first-order valence-electron chi connectivity index (χ1n) is 6.65. The minimum absolute atomic E-state index is 0.278. The van der Waals surface area contributed by atoms with E-state index < -0.39 is 0 Å². The lowest BCUT2D eigenvalue weighted by Crippen LogP contribution is -2.27. The van der Waals surface area contributed by atoms with Gasteiger partial charge in [0, 0.05) is 25.1 Å². The average Bonchev–Trinajstić information content (AvgIpc) is 2.37. The number of hydrogen-bond acceptors (Lipinski definition) is 5. The minimum Gasteiger partial charge on any atom is -0.384 e. The zero-order valence-electron chi connectivity index (χ0n) is 11.1. The molecule has 100 valence electrons. The van der Waals surface area contributed by atoms with E-state index in [2.05, 4.69) is 29.1 Å². The molecule has 1 fully saturated rings. The third-order valence-electron chi connectivity index (χ3n) is 3.06. The van der Waals surface area contributed by atoms with E-state index in [1.165, 1.54) is 12.8 Å². The second kappa shape index (κ2) is 6.00. The van der Waals surface area contributed by atoms with Crippen molar-refractivity contribution in [1.29, 1.82) is 0 Å². The maximum atomic E-state index is 5.78. The van der Waals surface area contributed by atoms with E-state index in [0.717, 1.165) is 31.2 Å². The van der Waals surface area contributed by atoms with Crippen molar-refractivity contribution >= 4 is 11.6 Å². The molecule has 2 heterocycles. The van der Waals surface area contributed by atoms with Gasteiger partial charge in [0.25, 0.3) is 0 Å². The molecule has 0 radical (unpaired) electrons. The maximum absolute atomic E-state index is 5.78. The van der Waals surface area contributed by atoms with E-state index >= 15 is 0 Å². The fourth-order valence-electron chi connectivity index (χ4n) is 2.02. The molecule has 0 aromatic carbocycles. The van der Waals surface area contributed by atoms with Crippen molar-refractivity contribution in [2.45, 2.75) is 45.1 Å². The Morgan fingerprint density at radius 2 is 2.28 bits per heavy atom. The van der Waals surface area contributed by atoms with Crippen LogP contribution in [0.25, 0.3) is 0 Å². The lowest BCUT2D eigenvalue weighted by atomic mass is 10.1. The Labute approximate surface area is 108 Å². The van der Waals surface area contributed by atoms with Gasteiger partial charge in [0.2, 0.25) is 0 Å². The highest BCUT2D eigenvalue weighted by Gasteiger charge is 2.14. The molecule has 5 nitrogen and oxygen atoms in total. The first-order chi connectivity index (χ1) is 8.65. The van der Waals surface area contributed by atoms with E-state index in [4.69, 9.17) is 10.5 Å². The van der Waals surface area contributed by atoms with Gasteiger partial charge in [-0.3, -0.25) is 0 Å². The normalized spacial score (nSPS) is 20.1. The van der Waals surface area contributed by atoms with Crippen LogP contribution in [0.3, 0.4) is 0 Å². The van der Waals surface area contributed by atoms with Crippen LogP contribution < -0.4 is 11.1 Å². The molecule has 0 spiro atoms. The number of hydrogen-bond donors (Lipinski definition) is 2. The summed E-state index contributed by atoms with van der Waals surface area (Å²) in [6, 6.07) is 1.77. The minimum atomic E-state index is 0.278. The highest BCUT2D eigenvalue weighted by Crippen LogP contribution is 2.17. The van der Waals surface area contributed by atoms with Crippen LogP contribution in [0, 0.1) is 0 Å². The van der Waals surface area contributed by atoms with Crippen LogP contribution in [0.1, 0.15) is 44.9 Å². The molecule has 1 unspecified atom stereocenters. The van der Waals surface area contributed by atoms with Gasteiger partial charge in [-0.15, -0.1) is 0 Å². The molecule has 0 saturated carbocycles. The average molecular weight is 250 g/mol. The largest absolute Gasteiger partial charge is 0.384 e. The number of aromatic nitrogens is 2. The molecule has 1 aliphatic heterocycles. The van der Waals surface area contributed by atoms with Gasteiger partial charge in [-0.05, 0) is 19.3 Å². The Morgan fingerprint density at radius 3 is 2.94 bits per heavy atom. The monoisotopic (exact) mass is 250 g/mol. The highest BCUT2D eigenvalue weighted by molar-refractivity contribution is 5.45. The zero-order chi connectivity index (χ0) is 13.0. The number of nitrogens with zero attached hydrogens (tertiary/aromatic N) is 2. The molecular formula is C13H22N4O. The van der Waals surface area contributed by atoms with Crippen molar-refractivity contribution in [2.75, 3.05) is 24.2 Å². The second-order valence-corrected chi connectivity index (χ2v) is 5.06. The summed E-state index contributed by atoms with van der Waals surface area (Å²) in [5.74, 6) is 2.36. The van der Waals surface area contributed by atoms with Crippen molar-refractivity contribution in [3.05, 3.63) is 11.9 Å². The smallest absolute Gasteiger partial charge is 0.135 e. The molecule has 1 aliphatic rings. The molecule has 1 saturated heterocycles. The molecule has 18 heavy (non-hydrogen) atoms. The summed E-state index contributed by atoms with van der Waals surface area (Å²) in [5.41, 5.74) is 5.78. The third-order valence-corrected chi connectivity index (χ3v) is 3.06. The SMILES string of the molecule is CC(C)c1nc(N)cc(NCC2CCCCO2)n1. The van der Waals surface area contributed by atoms with Gasteiger partial charge < -0.3 is 15.8 Å². The molecule has 1 atom stereocenters. The number of nitrogen functional groups attached to an aromatic ring is 1. The lowest BCUT2D eigenvalue weighted by Gasteiger charge is -2.23. The van der Waals surface area contributed by atoms with Crippen LogP contribution in [-0.2, 0) is 4.74 Å². The molecule has 5 heteroatoms. The van der Waals surface area contributed by atoms with Crippen LogP contribution in [-0.4, -0.2) is 29.2 Å². The maximum Gasteiger partial charge on any atom is 0.135 e. The van der Waals surface area contributed by atoms with E-state index in [0.29, 0.717) is 5.82 Å². The Balaban J connectivity index is 1.95. The first-order valence-corrected chi connectivity index (χ1v) is 6.65. The number of ether oxygens (including phenoxy) is 1. The van der Waals surface area contributed by atoms with Gasteiger partial charge in [0.05, 0.1) is 6.10 Å². The fourth-order valence-corrected chi connectivity index (χ4v) is 2.02. The molecule has 2 rings (SSSR count). The van der Waals surface area contributed by atoms with Gasteiger partial charge in [0.15, 0.2) is 0 Å². The molecule has 0 bridgehead atoms. The Morgan fingerprint density at radius 1 is 1.44 bits per heavy atom. The van der Waals surface area contributed by atoms with Gasteiger partial charge in [0.1, 0.15) is 17.5 Å². The molecule has 1 aromatic heterocycles. The topological polar surface area (TPSA) is 73.1 Å². The van der Waals surface area contributed by atoms with Crippen molar-refractivity contribution in [3.63, 3.8) is 0 Å². The van der Waals surface area contributed by atoms with Crippen molar-refractivity contribution < 1.29 is 4.74 Å². The molecule has 0 amide bonds. The molecule has 0 aliphatic carbocycles. The summed E-state index contributed by atoms with van der Waals surface area (Å²) < 4.78 is 5.67. The van der Waals surface area contributed by atoms with E-state index in [1.54, 1.807) is 6.07 Å². The van der Waals surface area contributed by atoms with E-state index in [1.807, 2.05) is 0 Å². The lowest BCUT2D eigenvalue weighted by molar-refractivity contribution is 0.0247. The predicted molar refractivity (Wildman–Crippen MR) is 72.6 cm³/mol. The predicted octanol–water partition coefficient (Wildman–Crippen LogP) is 2.16. The summed E-state index contributed by atoms with van der Waals surface area (Å²) >= 11 is 0. The summed E-state index contributed by atoms with van der Waals surface area (Å²) in [4.78, 5) is 8.68. The first kappa shape index (κ1) is 13.1. The molecular weight excluding hydrogens is 228 g/mol. The van der Waals surface area contributed by atoms with Crippen LogP contribution in [0.2, 0.25) is 0 Å². The molecule has 1 aromatic rings. The quantitative estimate of drug-likeness (QED) is 0.856. The van der Waals surface area contributed by atoms with Gasteiger partial charge in [-0.2, -0.15) is 0 Å². The highest BCUT2D eigenvalue weighted by atomic mass is 16.5. The Hall–Kier alpha value is -1.36. The summed E-state index contributed by atoms with van der Waals surface area (Å²) in [6.45, 7) is 5.77. The Bertz CT molecular complexity index is 389. The third kappa shape index (κ3) is 3.57. The number of rotatable bonds is 4. The Kier molecular flexibility index (Phi) is 4.36. The van der Waals surface area contributed by atoms with Gasteiger partial charge in [-0.1, -0.05) is 13.8 Å². The van der Waals surface area contributed by atoms with Crippen LogP contribution in [0.15, 0.2) is 6.07 Å². The van der Waals surface area contributed by atoms with Crippen molar-refractivity contribution in [3.8, 4) is 0 Å². The van der Waals surface area contributed by atoms with Crippen LogP contribution in [0.4, 0.5) is 11.6 Å². The molecule has 3 N–H and O–H groups in total. The second-order valence-electron chi connectivity index (χ2n) is 5.06. The zero-order valence-corrected chi connectivity index (χ0v) is 11.1. The fraction of sp³-hybridized carbons (Fsp3) is 0.692. The van der Waals surface area contributed by atoms with Crippen molar-refractivity contribution in [1.82, 2.24) is 9.97 Å². The standard InChI is InChI=1S/C13H22N4O/c1-9(2)13-16-11(14)7-12(17-13)15-8-10-5-3-4-6-18-10/h7,9-10H,3-6,8H2,1-2H3,(H3,14,15,16,17). The van der Waals surface area contributed by atoms with Crippen molar-refractivity contribution in [2.24, 2.45) is 0 Å². The van der Waals surface area contributed by atoms with Crippen LogP contribution >= 0.6 is 0 Å². The van der Waals surface area contributed by atoms with E-state index in [-0.39, 0.29) is 12.0 Å². The summed E-state index contributed by atoms with van der Waals surface area (Å²) in [6.07, 6.45) is 3.83. The number of nitrogens with one attached hydrogen (secondary N) is 1. The van der Waals surface area contributed by atoms with Gasteiger partial charge >= 0.3 is 0 Å². The van der Waals surface area contributed by atoms with Gasteiger partial charge in [-0.25, -0.2) is 9.97 Å². The summed E-state index contributed by atoms with van der Waals surface area (Å²) in [7, 11) is 0. The summed E-state index contributed by atoms with van der Waals surface area (Å²) in [5, 5.41) is 3.29.